The Morgan fingerprint density at radius 2 is 1.77 bits per heavy atom. The Labute approximate surface area is 173 Å². The number of nitrogens with one attached hydrogen (secondary N) is 3. The van der Waals surface area contributed by atoms with Crippen LogP contribution >= 0.6 is 0 Å². The van der Waals surface area contributed by atoms with Crippen LogP contribution in [-0.2, 0) is 6.42 Å². The van der Waals surface area contributed by atoms with Crippen LogP contribution in [0.1, 0.15) is 23.0 Å². The average molecular weight is 399 g/mol. The molecule has 0 aliphatic rings. The van der Waals surface area contributed by atoms with Crippen LogP contribution in [0.25, 0.3) is 22.2 Å². The standard InChI is InChI=1S/C23H21N5O2/c1-2-14-5-3-6-17(13-14)27-23(30)26-16-10-8-15(9-11-16)19-18-7-4-12-25-22(18)28-20(19)21(24)29/h3-13H,2H2,1H3,(H2,24,29)(H,25,28)(H2,26,27,30). The van der Waals surface area contributed by atoms with Crippen LogP contribution in [-0.4, -0.2) is 21.9 Å². The Kier molecular flexibility index (Phi) is 5.17. The van der Waals surface area contributed by atoms with E-state index in [-0.39, 0.29) is 6.03 Å². The zero-order valence-corrected chi connectivity index (χ0v) is 16.4. The van der Waals surface area contributed by atoms with Gasteiger partial charge in [0, 0.05) is 28.5 Å². The number of hydrogen-bond donors (Lipinski definition) is 4. The number of H-pyrrole nitrogens is 1. The van der Waals surface area contributed by atoms with Crippen molar-refractivity contribution in [2.24, 2.45) is 5.73 Å². The molecular weight excluding hydrogens is 378 g/mol. The topological polar surface area (TPSA) is 113 Å². The highest BCUT2D eigenvalue weighted by atomic mass is 16.2. The Morgan fingerprint density at radius 3 is 2.50 bits per heavy atom. The highest BCUT2D eigenvalue weighted by Gasteiger charge is 2.17. The van der Waals surface area contributed by atoms with Crippen LogP contribution in [0.4, 0.5) is 16.2 Å². The minimum Gasteiger partial charge on any atom is -0.364 e. The first-order valence-electron chi connectivity index (χ1n) is 9.59. The molecule has 0 fully saturated rings. The Bertz CT molecular complexity index is 1230. The van der Waals surface area contributed by atoms with E-state index in [0.29, 0.717) is 22.6 Å². The van der Waals surface area contributed by atoms with Crippen LogP contribution in [0.5, 0.6) is 0 Å². The van der Waals surface area contributed by atoms with E-state index in [9.17, 15) is 9.59 Å². The third-order valence-electron chi connectivity index (χ3n) is 4.84. The number of rotatable bonds is 5. The Hall–Kier alpha value is -4.13. The summed E-state index contributed by atoms with van der Waals surface area (Å²) < 4.78 is 0. The molecule has 7 nitrogen and oxygen atoms in total. The smallest absolute Gasteiger partial charge is 0.323 e. The van der Waals surface area contributed by atoms with Gasteiger partial charge in [-0.2, -0.15) is 0 Å². The zero-order chi connectivity index (χ0) is 21.1. The molecule has 0 atom stereocenters. The van der Waals surface area contributed by atoms with Crippen LogP contribution in [0.3, 0.4) is 0 Å². The number of amides is 3. The van der Waals surface area contributed by atoms with Gasteiger partial charge in [0.2, 0.25) is 0 Å². The van der Waals surface area contributed by atoms with E-state index in [0.717, 1.165) is 28.6 Å². The number of benzene rings is 2. The molecule has 0 unspecified atom stereocenters. The second-order valence-corrected chi connectivity index (χ2v) is 6.85. The van der Waals surface area contributed by atoms with Gasteiger partial charge in [-0.25, -0.2) is 9.78 Å². The molecule has 0 spiro atoms. The number of nitrogens with zero attached hydrogens (tertiary/aromatic N) is 1. The number of carbonyl (C=O) groups is 2. The van der Waals surface area contributed by atoms with Crippen LogP contribution < -0.4 is 16.4 Å². The number of nitrogens with two attached hydrogens (primary N) is 1. The summed E-state index contributed by atoms with van der Waals surface area (Å²) in [6.45, 7) is 2.06. The maximum absolute atomic E-state index is 12.3. The van der Waals surface area contributed by atoms with Crippen molar-refractivity contribution in [3.05, 3.63) is 78.1 Å². The number of aryl methyl sites for hydroxylation is 1. The van der Waals surface area contributed by atoms with Gasteiger partial charge in [0.25, 0.3) is 5.91 Å². The fourth-order valence-electron chi connectivity index (χ4n) is 3.39. The number of anilines is 2. The second kappa shape index (κ2) is 8.08. The van der Waals surface area contributed by atoms with Gasteiger partial charge >= 0.3 is 6.03 Å². The Morgan fingerprint density at radius 1 is 1.00 bits per heavy atom. The summed E-state index contributed by atoms with van der Waals surface area (Å²) in [5.74, 6) is -0.557. The molecule has 2 aromatic carbocycles. The predicted molar refractivity (Wildman–Crippen MR) is 119 cm³/mol. The first kappa shape index (κ1) is 19.2. The number of carbonyl (C=O) groups excluding carboxylic acids is 2. The lowest BCUT2D eigenvalue weighted by atomic mass is 10.0. The van der Waals surface area contributed by atoms with Crippen molar-refractivity contribution in [2.75, 3.05) is 10.6 Å². The van der Waals surface area contributed by atoms with E-state index in [2.05, 4.69) is 27.5 Å². The molecule has 5 N–H and O–H groups in total. The molecule has 4 rings (SSSR count). The highest BCUT2D eigenvalue weighted by Crippen LogP contribution is 2.32. The molecule has 0 aliphatic carbocycles. The first-order valence-corrected chi connectivity index (χ1v) is 9.59. The zero-order valence-electron chi connectivity index (χ0n) is 16.4. The molecule has 2 aromatic heterocycles. The molecule has 30 heavy (non-hydrogen) atoms. The lowest BCUT2D eigenvalue weighted by Crippen LogP contribution is -2.19. The largest absolute Gasteiger partial charge is 0.364 e. The number of primary amides is 1. The highest BCUT2D eigenvalue weighted by molar-refractivity contribution is 6.08. The molecular formula is C23H21N5O2. The number of aromatic nitrogens is 2. The van der Waals surface area contributed by atoms with Crippen molar-refractivity contribution in [3.8, 4) is 11.1 Å². The number of urea groups is 1. The van der Waals surface area contributed by atoms with Crippen molar-refractivity contribution >= 4 is 34.3 Å². The number of fused-ring (bicyclic) bond motifs is 1. The SMILES string of the molecule is CCc1cccc(NC(=O)Nc2ccc(-c3c(C(N)=O)[nH]c4ncccc34)cc2)c1. The van der Waals surface area contributed by atoms with Crippen LogP contribution in [0, 0.1) is 0 Å². The van der Waals surface area contributed by atoms with Crippen molar-refractivity contribution < 1.29 is 9.59 Å². The summed E-state index contributed by atoms with van der Waals surface area (Å²) in [6.07, 6.45) is 2.55. The van der Waals surface area contributed by atoms with Gasteiger partial charge in [0.05, 0.1) is 0 Å². The van der Waals surface area contributed by atoms with Crippen molar-refractivity contribution in [3.63, 3.8) is 0 Å². The molecule has 0 aliphatic heterocycles. The molecule has 0 bridgehead atoms. The maximum atomic E-state index is 12.3. The molecule has 3 amide bonds. The first-order chi connectivity index (χ1) is 14.5. The third-order valence-corrected chi connectivity index (χ3v) is 4.84. The van der Waals surface area contributed by atoms with Gasteiger partial charge in [-0.1, -0.05) is 31.2 Å². The average Bonchev–Trinajstić information content (AvgIpc) is 3.14. The second-order valence-electron chi connectivity index (χ2n) is 6.85. The van der Waals surface area contributed by atoms with E-state index in [1.807, 2.05) is 42.5 Å². The van der Waals surface area contributed by atoms with Gasteiger partial charge in [0.1, 0.15) is 11.3 Å². The molecule has 4 aromatic rings. The van der Waals surface area contributed by atoms with Gasteiger partial charge in [-0.3, -0.25) is 4.79 Å². The summed E-state index contributed by atoms with van der Waals surface area (Å²) in [7, 11) is 0. The number of aromatic amines is 1. The van der Waals surface area contributed by atoms with Gasteiger partial charge < -0.3 is 21.4 Å². The summed E-state index contributed by atoms with van der Waals surface area (Å²) in [5.41, 5.74) is 10.4. The number of hydrogen-bond acceptors (Lipinski definition) is 3. The van der Waals surface area contributed by atoms with Gasteiger partial charge in [-0.05, 0) is 53.9 Å². The summed E-state index contributed by atoms with van der Waals surface area (Å²) in [6, 6.07) is 18.3. The summed E-state index contributed by atoms with van der Waals surface area (Å²) >= 11 is 0. The van der Waals surface area contributed by atoms with E-state index >= 15 is 0 Å². The fraction of sp³-hybridized carbons (Fsp3) is 0.0870. The van der Waals surface area contributed by atoms with Crippen LogP contribution in [0.2, 0.25) is 0 Å². The van der Waals surface area contributed by atoms with E-state index in [4.69, 9.17) is 5.73 Å². The molecule has 7 heteroatoms. The fourth-order valence-corrected chi connectivity index (χ4v) is 3.39. The quantitative estimate of drug-likeness (QED) is 0.395. The van der Waals surface area contributed by atoms with Crippen molar-refractivity contribution in [1.82, 2.24) is 9.97 Å². The van der Waals surface area contributed by atoms with Crippen molar-refractivity contribution in [1.29, 1.82) is 0 Å². The summed E-state index contributed by atoms with van der Waals surface area (Å²) in [4.78, 5) is 31.4. The third kappa shape index (κ3) is 3.86. The lowest BCUT2D eigenvalue weighted by Gasteiger charge is -2.10. The number of pyridine rings is 1. The minimum absolute atomic E-state index is 0.304. The predicted octanol–water partition coefficient (Wildman–Crippen LogP) is 4.54. The normalized spacial score (nSPS) is 10.7. The Balaban J connectivity index is 1.55. The van der Waals surface area contributed by atoms with E-state index < -0.39 is 5.91 Å². The molecule has 2 heterocycles. The maximum Gasteiger partial charge on any atom is 0.323 e. The van der Waals surface area contributed by atoms with Crippen LogP contribution in [0.15, 0.2) is 66.9 Å². The monoisotopic (exact) mass is 399 g/mol. The molecule has 0 radical (unpaired) electrons. The van der Waals surface area contributed by atoms with Gasteiger partial charge in [0.15, 0.2) is 0 Å². The summed E-state index contributed by atoms with van der Waals surface area (Å²) in [5, 5.41) is 6.45. The van der Waals surface area contributed by atoms with E-state index in [1.54, 1.807) is 24.4 Å². The van der Waals surface area contributed by atoms with Crippen molar-refractivity contribution in [2.45, 2.75) is 13.3 Å². The lowest BCUT2D eigenvalue weighted by molar-refractivity contribution is 0.0997. The van der Waals surface area contributed by atoms with Gasteiger partial charge in [-0.15, -0.1) is 0 Å². The van der Waals surface area contributed by atoms with E-state index in [1.165, 1.54) is 0 Å². The molecule has 150 valence electrons. The minimum atomic E-state index is -0.557. The molecule has 0 saturated heterocycles. The molecule has 0 saturated carbocycles.